The summed E-state index contributed by atoms with van der Waals surface area (Å²) in [6, 6.07) is 0. The van der Waals surface area contributed by atoms with E-state index in [1.165, 1.54) is 0 Å². The zero-order valence-electron chi connectivity index (χ0n) is 13.6. The Balaban J connectivity index is 5.57. The van der Waals surface area contributed by atoms with Crippen LogP contribution >= 0.6 is 0 Å². The van der Waals surface area contributed by atoms with Gasteiger partial charge in [-0.1, -0.05) is 13.8 Å². The summed E-state index contributed by atoms with van der Waals surface area (Å²) in [7, 11) is 0. The molecule has 14 heteroatoms. The molecule has 162 valence electrons. The van der Waals surface area contributed by atoms with Gasteiger partial charge in [0.2, 0.25) is 0 Å². The maximum absolute atomic E-state index is 13.3. The molecule has 0 aliphatic rings. The van der Waals surface area contributed by atoms with Gasteiger partial charge in [-0.2, -0.15) is 43.9 Å². The number of esters is 1. The standard InChI is InChI=1S/C13H14F12O2/c1-6(2)3-4-7(26)27-5-9(16,17)11(20,21)13(24,25)12(22,23)10(18,19)8(14)15/h6,8H,3-5H2,1-2H3. The van der Waals surface area contributed by atoms with Gasteiger partial charge in [-0.15, -0.1) is 0 Å². The van der Waals surface area contributed by atoms with Gasteiger partial charge in [-0.25, -0.2) is 8.78 Å². The Hall–Kier alpha value is -1.37. The molecule has 0 saturated carbocycles. The van der Waals surface area contributed by atoms with Crippen LogP contribution in [0.3, 0.4) is 0 Å². The molecule has 0 fully saturated rings. The van der Waals surface area contributed by atoms with E-state index >= 15 is 0 Å². The maximum Gasteiger partial charge on any atom is 0.384 e. The highest BCUT2D eigenvalue weighted by Crippen LogP contribution is 2.58. The van der Waals surface area contributed by atoms with E-state index in [2.05, 4.69) is 4.74 Å². The Morgan fingerprint density at radius 1 is 0.815 bits per heavy atom. The maximum atomic E-state index is 13.3. The molecule has 0 aliphatic carbocycles. The van der Waals surface area contributed by atoms with Gasteiger partial charge in [-0.05, 0) is 12.3 Å². The van der Waals surface area contributed by atoms with Gasteiger partial charge in [0.05, 0.1) is 0 Å². The Morgan fingerprint density at radius 2 is 1.26 bits per heavy atom. The first-order valence-electron chi connectivity index (χ1n) is 7.08. The minimum atomic E-state index is -7.62. The highest BCUT2D eigenvalue weighted by Gasteiger charge is 2.87. The predicted octanol–water partition coefficient (Wildman–Crippen LogP) is 5.41. The first-order valence-corrected chi connectivity index (χ1v) is 7.08. The second-order valence-electron chi connectivity index (χ2n) is 5.94. The van der Waals surface area contributed by atoms with Crippen LogP contribution in [-0.2, 0) is 9.53 Å². The van der Waals surface area contributed by atoms with Crippen LogP contribution in [0, 0.1) is 5.92 Å². The molecular weight excluding hydrogens is 416 g/mol. The second kappa shape index (κ2) is 7.94. The van der Waals surface area contributed by atoms with Gasteiger partial charge >= 0.3 is 42.0 Å². The predicted molar refractivity (Wildman–Crippen MR) is 65.8 cm³/mol. The lowest BCUT2D eigenvalue weighted by molar-refractivity contribution is -0.414. The van der Waals surface area contributed by atoms with Crippen LogP contribution in [0.15, 0.2) is 0 Å². The SMILES string of the molecule is CC(C)CCC(=O)OCC(F)(F)C(F)(F)C(F)(F)C(F)(F)C(F)(F)C(F)F. The number of carbonyl (C=O) groups excluding carboxylic acids is 1. The molecule has 0 rings (SSSR count). The van der Waals surface area contributed by atoms with E-state index in [9.17, 15) is 57.5 Å². The number of ether oxygens (including phenoxy) is 1. The van der Waals surface area contributed by atoms with Crippen molar-refractivity contribution < 1.29 is 62.2 Å². The van der Waals surface area contributed by atoms with Crippen molar-refractivity contribution in [2.75, 3.05) is 6.61 Å². The molecule has 0 aromatic rings. The van der Waals surface area contributed by atoms with Crippen molar-refractivity contribution in [2.24, 2.45) is 5.92 Å². The quantitative estimate of drug-likeness (QED) is 0.343. The first-order chi connectivity index (χ1) is 11.8. The van der Waals surface area contributed by atoms with Crippen molar-refractivity contribution in [2.45, 2.75) is 62.7 Å². The van der Waals surface area contributed by atoms with Gasteiger partial charge < -0.3 is 4.74 Å². The van der Waals surface area contributed by atoms with Crippen LogP contribution < -0.4 is 0 Å². The fourth-order valence-electron chi connectivity index (χ4n) is 1.51. The van der Waals surface area contributed by atoms with Crippen molar-refractivity contribution in [3.05, 3.63) is 0 Å². The number of hydrogen-bond donors (Lipinski definition) is 0. The highest BCUT2D eigenvalue weighted by atomic mass is 19.4. The summed E-state index contributed by atoms with van der Waals surface area (Å²) in [5, 5.41) is 0. The zero-order chi connectivity index (χ0) is 22.1. The van der Waals surface area contributed by atoms with Crippen LogP contribution in [0.5, 0.6) is 0 Å². The Morgan fingerprint density at radius 3 is 1.63 bits per heavy atom. The molecule has 0 bridgehead atoms. The second-order valence-corrected chi connectivity index (χ2v) is 5.94. The van der Waals surface area contributed by atoms with Crippen LogP contribution in [-0.4, -0.2) is 48.6 Å². The molecule has 0 atom stereocenters. The van der Waals surface area contributed by atoms with E-state index in [-0.39, 0.29) is 12.3 Å². The number of hydrogen-bond acceptors (Lipinski definition) is 2. The van der Waals surface area contributed by atoms with Crippen molar-refractivity contribution in [1.29, 1.82) is 0 Å². The third kappa shape index (κ3) is 4.73. The lowest BCUT2D eigenvalue weighted by Gasteiger charge is -2.38. The van der Waals surface area contributed by atoms with Gasteiger partial charge in [-0.3, -0.25) is 4.79 Å². The van der Waals surface area contributed by atoms with Crippen LogP contribution in [0.25, 0.3) is 0 Å². The average Bonchev–Trinajstić information content (AvgIpc) is 2.49. The summed E-state index contributed by atoms with van der Waals surface area (Å²) < 4.78 is 158. The molecule has 0 saturated heterocycles. The summed E-state index contributed by atoms with van der Waals surface area (Å²) in [6.07, 6.45) is -6.16. The molecule has 27 heavy (non-hydrogen) atoms. The topological polar surface area (TPSA) is 26.3 Å². The van der Waals surface area contributed by atoms with E-state index in [0.717, 1.165) is 0 Å². The number of carbonyl (C=O) groups is 1. The molecule has 0 aliphatic heterocycles. The van der Waals surface area contributed by atoms with Crippen molar-refractivity contribution in [1.82, 2.24) is 0 Å². The first kappa shape index (κ1) is 25.6. The van der Waals surface area contributed by atoms with Gasteiger partial charge in [0.1, 0.15) is 0 Å². The smallest absolute Gasteiger partial charge is 0.384 e. The molecule has 0 aromatic carbocycles. The van der Waals surface area contributed by atoms with E-state index in [4.69, 9.17) is 0 Å². The van der Waals surface area contributed by atoms with Crippen molar-refractivity contribution >= 4 is 5.97 Å². The minimum Gasteiger partial charge on any atom is -0.459 e. The van der Waals surface area contributed by atoms with Crippen LogP contribution in [0.2, 0.25) is 0 Å². The molecule has 0 spiro atoms. The largest absolute Gasteiger partial charge is 0.459 e. The Labute approximate surface area is 144 Å². The molecule has 0 aromatic heterocycles. The molecule has 0 radical (unpaired) electrons. The molecule has 0 unspecified atom stereocenters. The summed E-state index contributed by atoms with van der Waals surface area (Å²) in [4.78, 5) is 11.1. The molecule has 0 heterocycles. The normalized spacial score (nSPS) is 14.8. The van der Waals surface area contributed by atoms with E-state index in [0.29, 0.717) is 0 Å². The zero-order valence-corrected chi connectivity index (χ0v) is 13.6. The van der Waals surface area contributed by atoms with Crippen molar-refractivity contribution in [3.8, 4) is 0 Å². The molecule has 2 nitrogen and oxygen atoms in total. The fraction of sp³-hybridized carbons (Fsp3) is 0.923. The minimum absolute atomic E-state index is 0.00956. The number of rotatable bonds is 10. The van der Waals surface area contributed by atoms with Gasteiger partial charge in [0.25, 0.3) is 0 Å². The number of halogens is 12. The summed E-state index contributed by atoms with van der Waals surface area (Å²) in [6.45, 7) is 0.257. The summed E-state index contributed by atoms with van der Waals surface area (Å²) in [5.41, 5.74) is 0. The lowest BCUT2D eigenvalue weighted by atomic mass is 9.94. The van der Waals surface area contributed by atoms with E-state index in [1.807, 2.05) is 0 Å². The average molecular weight is 430 g/mol. The van der Waals surface area contributed by atoms with E-state index < -0.39 is 55.0 Å². The number of alkyl halides is 12. The highest BCUT2D eigenvalue weighted by molar-refractivity contribution is 5.69. The Kier molecular flexibility index (Phi) is 7.53. The van der Waals surface area contributed by atoms with Crippen LogP contribution in [0.1, 0.15) is 26.7 Å². The van der Waals surface area contributed by atoms with Gasteiger partial charge in [0.15, 0.2) is 6.61 Å². The van der Waals surface area contributed by atoms with Gasteiger partial charge in [0, 0.05) is 6.42 Å². The fourth-order valence-corrected chi connectivity index (χ4v) is 1.51. The lowest BCUT2D eigenvalue weighted by Crippen LogP contribution is -2.69. The molecule has 0 N–H and O–H groups in total. The van der Waals surface area contributed by atoms with Crippen molar-refractivity contribution in [3.63, 3.8) is 0 Å². The third-order valence-electron chi connectivity index (χ3n) is 3.28. The Bertz CT molecular complexity index is 515. The summed E-state index contributed by atoms with van der Waals surface area (Å²) >= 11 is 0. The van der Waals surface area contributed by atoms with Crippen LogP contribution in [0.4, 0.5) is 52.7 Å². The molecular formula is C13H14F12O2. The summed E-state index contributed by atoms with van der Waals surface area (Å²) in [5.74, 6) is -37.5. The van der Waals surface area contributed by atoms with E-state index in [1.54, 1.807) is 13.8 Å². The molecule has 0 amide bonds. The third-order valence-corrected chi connectivity index (χ3v) is 3.28. The monoisotopic (exact) mass is 430 g/mol.